The van der Waals surface area contributed by atoms with E-state index in [1.165, 1.54) is 17.5 Å². The van der Waals surface area contributed by atoms with Crippen molar-refractivity contribution in [3.63, 3.8) is 0 Å². The number of halogens is 1. The SMILES string of the molecule is Clc1c[nH]c2c(C3CCNC3)cccc12. The normalized spacial score (nSPS) is 21.3. The number of hydrogen-bond acceptors (Lipinski definition) is 1. The van der Waals surface area contributed by atoms with Gasteiger partial charge in [-0.25, -0.2) is 0 Å². The van der Waals surface area contributed by atoms with Gasteiger partial charge in [-0.15, -0.1) is 0 Å². The largest absolute Gasteiger partial charge is 0.360 e. The van der Waals surface area contributed by atoms with Crippen LogP contribution in [0.2, 0.25) is 5.02 Å². The van der Waals surface area contributed by atoms with Gasteiger partial charge in [-0.1, -0.05) is 29.8 Å². The molecule has 3 rings (SSSR count). The van der Waals surface area contributed by atoms with Gasteiger partial charge < -0.3 is 10.3 Å². The first kappa shape index (κ1) is 9.25. The molecule has 15 heavy (non-hydrogen) atoms. The number of aromatic amines is 1. The molecular weight excluding hydrogens is 208 g/mol. The van der Waals surface area contributed by atoms with Crippen LogP contribution in [-0.2, 0) is 0 Å². The average Bonchev–Trinajstić information content (AvgIpc) is 2.88. The Morgan fingerprint density at radius 3 is 3.07 bits per heavy atom. The summed E-state index contributed by atoms with van der Waals surface area (Å²) in [4.78, 5) is 3.27. The molecule has 1 saturated heterocycles. The molecule has 0 aliphatic carbocycles. The molecule has 2 heterocycles. The lowest BCUT2D eigenvalue weighted by Crippen LogP contribution is -2.08. The molecule has 0 bridgehead atoms. The summed E-state index contributed by atoms with van der Waals surface area (Å²) in [6.07, 6.45) is 3.09. The Balaban J connectivity index is 2.17. The van der Waals surface area contributed by atoms with Gasteiger partial charge in [0.05, 0.1) is 10.5 Å². The highest BCUT2D eigenvalue weighted by atomic mass is 35.5. The van der Waals surface area contributed by atoms with Crippen molar-refractivity contribution >= 4 is 22.5 Å². The summed E-state index contributed by atoms with van der Waals surface area (Å²) in [7, 11) is 0. The van der Waals surface area contributed by atoms with Gasteiger partial charge in [0, 0.05) is 18.1 Å². The molecule has 0 spiro atoms. The zero-order chi connectivity index (χ0) is 10.3. The van der Waals surface area contributed by atoms with Crippen LogP contribution in [0, 0.1) is 0 Å². The maximum absolute atomic E-state index is 6.10. The number of para-hydroxylation sites is 1. The lowest BCUT2D eigenvalue weighted by molar-refractivity contribution is 0.768. The monoisotopic (exact) mass is 220 g/mol. The van der Waals surface area contributed by atoms with E-state index >= 15 is 0 Å². The predicted octanol–water partition coefficient (Wildman–Crippen LogP) is 2.90. The fourth-order valence-electron chi connectivity index (χ4n) is 2.40. The molecule has 0 saturated carbocycles. The number of aromatic nitrogens is 1. The van der Waals surface area contributed by atoms with E-state index < -0.39 is 0 Å². The Hall–Kier alpha value is -0.990. The molecule has 3 heteroatoms. The van der Waals surface area contributed by atoms with Gasteiger partial charge >= 0.3 is 0 Å². The van der Waals surface area contributed by atoms with Gasteiger partial charge in [0.25, 0.3) is 0 Å². The van der Waals surface area contributed by atoms with E-state index in [2.05, 4.69) is 28.5 Å². The van der Waals surface area contributed by atoms with Crippen LogP contribution in [0.5, 0.6) is 0 Å². The highest BCUT2D eigenvalue weighted by molar-refractivity contribution is 6.35. The molecule has 0 radical (unpaired) electrons. The maximum atomic E-state index is 6.10. The van der Waals surface area contributed by atoms with Gasteiger partial charge in [0.15, 0.2) is 0 Å². The molecule has 1 aromatic heterocycles. The Labute approximate surface area is 93.6 Å². The van der Waals surface area contributed by atoms with Crippen molar-refractivity contribution in [3.05, 3.63) is 35.0 Å². The van der Waals surface area contributed by atoms with E-state index in [1.807, 2.05) is 6.20 Å². The zero-order valence-electron chi connectivity index (χ0n) is 8.39. The molecule has 78 valence electrons. The molecule has 1 fully saturated rings. The Kier molecular flexibility index (Phi) is 2.19. The van der Waals surface area contributed by atoms with Crippen molar-refractivity contribution in [2.24, 2.45) is 0 Å². The molecule has 1 aliphatic rings. The van der Waals surface area contributed by atoms with Crippen LogP contribution in [0.25, 0.3) is 10.9 Å². The van der Waals surface area contributed by atoms with Gasteiger partial charge in [-0.3, -0.25) is 0 Å². The van der Waals surface area contributed by atoms with E-state index in [1.54, 1.807) is 0 Å². The predicted molar refractivity (Wildman–Crippen MR) is 63.5 cm³/mol. The quantitative estimate of drug-likeness (QED) is 0.760. The lowest BCUT2D eigenvalue weighted by atomic mass is 9.96. The molecule has 2 nitrogen and oxygen atoms in total. The van der Waals surface area contributed by atoms with Gasteiger partial charge in [-0.05, 0) is 24.4 Å². The molecule has 1 aromatic carbocycles. The number of rotatable bonds is 1. The average molecular weight is 221 g/mol. The third-order valence-electron chi connectivity index (χ3n) is 3.20. The van der Waals surface area contributed by atoms with Gasteiger partial charge in [-0.2, -0.15) is 0 Å². The summed E-state index contributed by atoms with van der Waals surface area (Å²) < 4.78 is 0. The number of H-pyrrole nitrogens is 1. The minimum absolute atomic E-state index is 0.628. The summed E-state index contributed by atoms with van der Waals surface area (Å²) in [6.45, 7) is 2.20. The molecule has 1 aliphatic heterocycles. The van der Waals surface area contributed by atoms with E-state index in [4.69, 9.17) is 11.6 Å². The highest BCUT2D eigenvalue weighted by Crippen LogP contribution is 2.31. The van der Waals surface area contributed by atoms with Crippen molar-refractivity contribution in [3.8, 4) is 0 Å². The smallest absolute Gasteiger partial charge is 0.0659 e. The summed E-state index contributed by atoms with van der Waals surface area (Å²) in [5.74, 6) is 0.628. The first-order chi connectivity index (χ1) is 7.36. The minimum Gasteiger partial charge on any atom is -0.360 e. The fraction of sp³-hybridized carbons (Fsp3) is 0.333. The maximum Gasteiger partial charge on any atom is 0.0659 e. The van der Waals surface area contributed by atoms with Gasteiger partial charge in [0.2, 0.25) is 0 Å². The second-order valence-corrected chi connectivity index (χ2v) is 4.50. The van der Waals surface area contributed by atoms with Crippen LogP contribution in [-0.4, -0.2) is 18.1 Å². The second-order valence-electron chi connectivity index (χ2n) is 4.10. The van der Waals surface area contributed by atoms with Crippen LogP contribution < -0.4 is 5.32 Å². The van der Waals surface area contributed by atoms with E-state index in [-0.39, 0.29) is 0 Å². The van der Waals surface area contributed by atoms with Crippen LogP contribution >= 0.6 is 11.6 Å². The molecular formula is C12H13ClN2. The zero-order valence-corrected chi connectivity index (χ0v) is 9.14. The first-order valence-electron chi connectivity index (χ1n) is 5.32. The molecule has 1 unspecified atom stereocenters. The fourth-order valence-corrected chi connectivity index (χ4v) is 2.62. The van der Waals surface area contributed by atoms with E-state index in [0.29, 0.717) is 5.92 Å². The van der Waals surface area contributed by atoms with Gasteiger partial charge in [0.1, 0.15) is 0 Å². The van der Waals surface area contributed by atoms with Crippen molar-refractivity contribution in [2.45, 2.75) is 12.3 Å². The number of nitrogens with one attached hydrogen (secondary N) is 2. The van der Waals surface area contributed by atoms with Crippen LogP contribution in [0.4, 0.5) is 0 Å². The third-order valence-corrected chi connectivity index (χ3v) is 3.51. The van der Waals surface area contributed by atoms with Crippen molar-refractivity contribution in [1.82, 2.24) is 10.3 Å². The minimum atomic E-state index is 0.628. The Morgan fingerprint density at radius 2 is 2.27 bits per heavy atom. The molecule has 2 N–H and O–H groups in total. The number of hydrogen-bond donors (Lipinski definition) is 2. The van der Waals surface area contributed by atoms with E-state index in [9.17, 15) is 0 Å². The second kappa shape index (κ2) is 3.54. The standard InChI is InChI=1S/C12H13ClN2/c13-11-7-15-12-9(2-1-3-10(11)12)8-4-5-14-6-8/h1-3,7-8,14-15H,4-6H2. The first-order valence-corrected chi connectivity index (χ1v) is 5.70. The molecule has 1 atom stereocenters. The van der Waals surface area contributed by atoms with Crippen LogP contribution in [0.1, 0.15) is 17.9 Å². The van der Waals surface area contributed by atoms with E-state index in [0.717, 1.165) is 23.5 Å². The summed E-state index contributed by atoms with van der Waals surface area (Å²) in [6, 6.07) is 6.36. The number of fused-ring (bicyclic) bond motifs is 1. The summed E-state index contributed by atoms with van der Waals surface area (Å²) in [5.41, 5.74) is 2.60. The summed E-state index contributed by atoms with van der Waals surface area (Å²) >= 11 is 6.10. The third kappa shape index (κ3) is 1.45. The Morgan fingerprint density at radius 1 is 1.33 bits per heavy atom. The Bertz CT molecular complexity index is 483. The van der Waals surface area contributed by atoms with Crippen LogP contribution in [0.15, 0.2) is 24.4 Å². The summed E-state index contributed by atoms with van der Waals surface area (Å²) in [5, 5.41) is 5.35. The topological polar surface area (TPSA) is 27.8 Å². The van der Waals surface area contributed by atoms with Crippen LogP contribution in [0.3, 0.4) is 0 Å². The number of benzene rings is 1. The van der Waals surface area contributed by atoms with Crippen molar-refractivity contribution in [2.75, 3.05) is 13.1 Å². The van der Waals surface area contributed by atoms with Crippen molar-refractivity contribution in [1.29, 1.82) is 0 Å². The lowest BCUT2D eigenvalue weighted by Gasteiger charge is -2.09. The highest BCUT2D eigenvalue weighted by Gasteiger charge is 2.19. The molecule has 0 amide bonds. The molecule has 2 aromatic rings. The van der Waals surface area contributed by atoms with Crippen molar-refractivity contribution < 1.29 is 0 Å².